The summed E-state index contributed by atoms with van der Waals surface area (Å²) in [5, 5.41) is 3.38. The van der Waals surface area contributed by atoms with Crippen LogP contribution >= 0.6 is 23.3 Å². The third-order valence-electron chi connectivity index (χ3n) is 4.15. The van der Waals surface area contributed by atoms with Crippen molar-refractivity contribution in [3.63, 3.8) is 0 Å². The number of hydrogen-bond donors (Lipinski definition) is 2. The van der Waals surface area contributed by atoms with Crippen LogP contribution in [0.1, 0.15) is 19.4 Å². The highest BCUT2D eigenvalue weighted by Gasteiger charge is 2.29. The molecule has 0 aliphatic heterocycles. The van der Waals surface area contributed by atoms with E-state index in [0.717, 1.165) is 17.3 Å². The van der Waals surface area contributed by atoms with Gasteiger partial charge in [-0.25, -0.2) is 8.42 Å². The van der Waals surface area contributed by atoms with Crippen molar-refractivity contribution in [1.82, 2.24) is 18.8 Å². The Labute approximate surface area is 172 Å². The molecule has 28 heavy (non-hydrogen) atoms. The van der Waals surface area contributed by atoms with Gasteiger partial charge >= 0.3 is 0 Å². The highest BCUT2D eigenvalue weighted by molar-refractivity contribution is 7.89. The second-order valence-electron chi connectivity index (χ2n) is 6.58. The van der Waals surface area contributed by atoms with E-state index >= 15 is 0 Å². The maximum atomic E-state index is 12.9. The van der Waals surface area contributed by atoms with Crippen LogP contribution < -0.4 is 10.0 Å². The number of benzene rings is 2. The topological polar surface area (TPSA) is 101 Å². The Kier molecular flexibility index (Phi) is 6.29. The Balaban J connectivity index is 1.77. The third kappa shape index (κ3) is 4.67. The standard InChI is InChI=1S/C18H19ClN4O3S2/c1-11(2)16(18(24)20-10-12-6-8-13(19)9-7-12)23-28(25,26)15-5-3-4-14-17(15)22-27-21-14/h3-9,11,16,23H,10H2,1-2H3,(H,20,24)/t16-/m1/s1. The third-order valence-corrected chi connectivity index (χ3v) is 6.42. The number of fused-ring (bicyclic) bond motifs is 1. The summed E-state index contributed by atoms with van der Waals surface area (Å²) in [5.41, 5.74) is 1.66. The highest BCUT2D eigenvalue weighted by Crippen LogP contribution is 2.22. The quantitative estimate of drug-likeness (QED) is 0.590. The lowest BCUT2D eigenvalue weighted by Crippen LogP contribution is -2.49. The van der Waals surface area contributed by atoms with Crippen molar-refractivity contribution in [3.05, 3.63) is 53.1 Å². The Morgan fingerprint density at radius 1 is 1.14 bits per heavy atom. The number of sulfonamides is 1. The normalized spacial score (nSPS) is 13.0. The molecule has 3 rings (SSSR count). The molecule has 0 saturated heterocycles. The van der Waals surface area contributed by atoms with E-state index in [1.165, 1.54) is 6.07 Å². The number of nitrogens with zero attached hydrogens (tertiary/aromatic N) is 2. The van der Waals surface area contributed by atoms with Gasteiger partial charge in [-0.05, 0) is 35.7 Å². The van der Waals surface area contributed by atoms with Crippen LogP contribution in [0.2, 0.25) is 5.02 Å². The van der Waals surface area contributed by atoms with Crippen molar-refractivity contribution < 1.29 is 13.2 Å². The summed E-state index contributed by atoms with van der Waals surface area (Å²) >= 11 is 6.80. The van der Waals surface area contributed by atoms with Gasteiger partial charge in [0.25, 0.3) is 0 Å². The first-order chi connectivity index (χ1) is 13.3. The minimum atomic E-state index is -3.96. The summed E-state index contributed by atoms with van der Waals surface area (Å²) in [7, 11) is -3.96. The number of carbonyl (C=O) groups excluding carboxylic acids is 1. The van der Waals surface area contributed by atoms with Gasteiger partial charge in [-0.15, -0.1) is 0 Å². The van der Waals surface area contributed by atoms with Gasteiger partial charge in [0, 0.05) is 11.6 Å². The Morgan fingerprint density at radius 3 is 2.54 bits per heavy atom. The van der Waals surface area contributed by atoms with E-state index in [0.29, 0.717) is 16.1 Å². The maximum absolute atomic E-state index is 12.9. The zero-order chi connectivity index (χ0) is 20.3. The van der Waals surface area contributed by atoms with Gasteiger partial charge < -0.3 is 5.32 Å². The minimum absolute atomic E-state index is 0.00917. The monoisotopic (exact) mass is 438 g/mol. The molecule has 7 nitrogen and oxygen atoms in total. The summed E-state index contributed by atoms with van der Waals surface area (Å²) in [6.07, 6.45) is 0. The summed E-state index contributed by atoms with van der Waals surface area (Å²) in [6.45, 7) is 3.83. The number of hydrogen-bond acceptors (Lipinski definition) is 6. The number of rotatable bonds is 7. The Morgan fingerprint density at radius 2 is 1.86 bits per heavy atom. The maximum Gasteiger partial charge on any atom is 0.243 e. The average Bonchev–Trinajstić information content (AvgIpc) is 3.14. The van der Waals surface area contributed by atoms with Crippen LogP contribution in [0, 0.1) is 5.92 Å². The van der Waals surface area contributed by atoms with Crippen LogP contribution in [0.5, 0.6) is 0 Å². The molecule has 0 bridgehead atoms. The Bertz CT molecular complexity index is 1080. The summed E-state index contributed by atoms with van der Waals surface area (Å²) < 4.78 is 36.5. The van der Waals surface area contributed by atoms with E-state index in [-0.39, 0.29) is 17.4 Å². The molecule has 0 unspecified atom stereocenters. The second-order valence-corrected chi connectivity index (χ2v) is 9.22. The summed E-state index contributed by atoms with van der Waals surface area (Å²) in [6, 6.07) is 10.9. The van der Waals surface area contributed by atoms with Gasteiger partial charge in [0.1, 0.15) is 22.0 Å². The molecule has 1 amide bonds. The number of halogens is 1. The predicted octanol–water partition coefficient (Wildman–Crippen LogP) is 2.96. The molecule has 0 radical (unpaired) electrons. The zero-order valence-electron chi connectivity index (χ0n) is 15.2. The first-order valence-corrected chi connectivity index (χ1v) is 11.1. The average molecular weight is 439 g/mol. The SMILES string of the molecule is CC(C)[C@@H](NS(=O)(=O)c1cccc2nsnc12)C(=O)NCc1ccc(Cl)cc1. The smallest absolute Gasteiger partial charge is 0.243 e. The fraction of sp³-hybridized carbons (Fsp3) is 0.278. The molecule has 1 aromatic heterocycles. The van der Waals surface area contributed by atoms with Crippen LogP contribution in [0.4, 0.5) is 0 Å². The van der Waals surface area contributed by atoms with Crippen LogP contribution in [0.15, 0.2) is 47.4 Å². The van der Waals surface area contributed by atoms with E-state index in [4.69, 9.17) is 11.6 Å². The number of nitrogens with one attached hydrogen (secondary N) is 2. The second kappa shape index (κ2) is 8.52. The summed E-state index contributed by atoms with van der Waals surface area (Å²) in [5.74, 6) is -0.662. The molecular formula is C18H19ClN4O3S2. The lowest BCUT2D eigenvalue weighted by molar-refractivity contribution is -0.123. The molecule has 1 heterocycles. The molecule has 0 aliphatic carbocycles. The molecule has 0 aliphatic rings. The first kappa shape index (κ1) is 20.7. The van der Waals surface area contributed by atoms with Crippen molar-refractivity contribution in [2.24, 2.45) is 5.92 Å². The van der Waals surface area contributed by atoms with E-state index in [1.54, 1.807) is 50.2 Å². The van der Waals surface area contributed by atoms with E-state index < -0.39 is 22.0 Å². The van der Waals surface area contributed by atoms with Gasteiger partial charge in [-0.1, -0.05) is 43.6 Å². The van der Waals surface area contributed by atoms with E-state index in [1.807, 2.05) is 0 Å². The number of aromatic nitrogens is 2. The molecule has 0 saturated carbocycles. The lowest BCUT2D eigenvalue weighted by atomic mass is 10.0. The van der Waals surface area contributed by atoms with Crippen LogP contribution in [-0.2, 0) is 21.4 Å². The molecule has 0 spiro atoms. The summed E-state index contributed by atoms with van der Waals surface area (Å²) in [4.78, 5) is 12.7. The number of amides is 1. The van der Waals surface area contributed by atoms with Crippen molar-refractivity contribution >= 4 is 50.3 Å². The van der Waals surface area contributed by atoms with Crippen molar-refractivity contribution in [1.29, 1.82) is 0 Å². The Hall–Kier alpha value is -2.07. The molecule has 10 heteroatoms. The predicted molar refractivity (Wildman–Crippen MR) is 110 cm³/mol. The molecule has 148 valence electrons. The molecule has 2 N–H and O–H groups in total. The first-order valence-electron chi connectivity index (χ1n) is 8.53. The molecular weight excluding hydrogens is 420 g/mol. The van der Waals surface area contributed by atoms with Gasteiger partial charge in [-0.3, -0.25) is 4.79 Å². The number of carbonyl (C=O) groups is 1. The molecule has 3 aromatic rings. The van der Waals surface area contributed by atoms with E-state index in [9.17, 15) is 13.2 Å². The largest absolute Gasteiger partial charge is 0.351 e. The highest BCUT2D eigenvalue weighted by atomic mass is 35.5. The molecule has 0 fully saturated rings. The van der Waals surface area contributed by atoms with Crippen LogP contribution in [-0.4, -0.2) is 29.1 Å². The lowest BCUT2D eigenvalue weighted by Gasteiger charge is -2.21. The van der Waals surface area contributed by atoms with Gasteiger partial charge in [0.05, 0.1) is 11.7 Å². The molecule has 2 aromatic carbocycles. The van der Waals surface area contributed by atoms with Crippen LogP contribution in [0.3, 0.4) is 0 Å². The van der Waals surface area contributed by atoms with Crippen molar-refractivity contribution in [3.8, 4) is 0 Å². The minimum Gasteiger partial charge on any atom is -0.351 e. The van der Waals surface area contributed by atoms with Gasteiger partial charge in [-0.2, -0.15) is 13.5 Å². The van der Waals surface area contributed by atoms with Gasteiger partial charge in [0.2, 0.25) is 15.9 Å². The van der Waals surface area contributed by atoms with Crippen molar-refractivity contribution in [2.45, 2.75) is 31.3 Å². The van der Waals surface area contributed by atoms with E-state index in [2.05, 4.69) is 18.8 Å². The van der Waals surface area contributed by atoms with Crippen molar-refractivity contribution in [2.75, 3.05) is 0 Å². The van der Waals surface area contributed by atoms with Gasteiger partial charge in [0.15, 0.2) is 0 Å². The fourth-order valence-electron chi connectivity index (χ4n) is 2.62. The molecule has 1 atom stereocenters. The van der Waals surface area contributed by atoms with Crippen LogP contribution in [0.25, 0.3) is 11.0 Å². The fourth-order valence-corrected chi connectivity index (χ4v) is 4.86. The zero-order valence-corrected chi connectivity index (χ0v) is 17.6.